The maximum Gasteiger partial charge on any atom is 0.310 e. The Morgan fingerprint density at radius 1 is 1.40 bits per heavy atom. The topological polar surface area (TPSA) is 62.9 Å². The van der Waals surface area contributed by atoms with Crippen molar-refractivity contribution in [3.63, 3.8) is 0 Å². The summed E-state index contributed by atoms with van der Waals surface area (Å²) in [6, 6.07) is 7.76. The molecule has 0 saturated carbocycles. The second kappa shape index (κ2) is 5.26. The van der Waals surface area contributed by atoms with Crippen LogP contribution >= 0.6 is 0 Å². The monoisotopic (exact) mass is 275 g/mol. The van der Waals surface area contributed by atoms with Gasteiger partial charge in [0, 0.05) is 23.5 Å². The lowest BCUT2D eigenvalue weighted by atomic mass is 10.0. The molecule has 1 N–H and O–H groups in total. The third-order valence-corrected chi connectivity index (χ3v) is 3.91. The normalized spacial score (nSPS) is 22.7. The summed E-state index contributed by atoms with van der Waals surface area (Å²) in [4.78, 5) is 13.2. The van der Waals surface area contributed by atoms with E-state index in [1.54, 1.807) is 6.26 Å². The third-order valence-electron chi connectivity index (χ3n) is 3.91. The molecule has 0 radical (unpaired) electrons. The number of hydrogen-bond acceptors (Lipinski definition) is 4. The summed E-state index contributed by atoms with van der Waals surface area (Å²) < 4.78 is 10.8. The highest BCUT2D eigenvalue weighted by atomic mass is 16.5. The molecular weight excluding hydrogens is 258 g/mol. The number of carboxylic acid groups (broad SMARTS) is 1. The van der Waals surface area contributed by atoms with Crippen LogP contribution < -0.4 is 0 Å². The Balaban J connectivity index is 1.78. The fourth-order valence-electron chi connectivity index (χ4n) is 2.75. The molecule has 5 heteroatoms. The molecule has 2 atom stereocenters. The lowest BCUT2D eigenvalue weighted by molar-refractivity contribution is -0.143. The van der Waals surface area contributed by atoms with Gasteiger partial charge in [0.05, 0.1) is 25.4 Å². The van der Waals surface area contributed by atoms with E-state index >= 15 is 0 Å². The largest absolute Gasteiger partial charge is 0.481 e. The van der Waals surface area contributed by atoms with Crippen molar-refractivity contribution in [2.24, 2.45) is 5.92 Å². The summed E-state index contributed by atoms with van der Waals surface area (Å²) in [7, 11) is 1.93. The van der Waals surface area contributed by atoms with Gasteiger partial charge in [-0.05, 0) is 13.1 Å². The molecule has 0 aliphatic carbocycles. The van der Waals surface area contributed by atoms with Gasteiger partial charge in [-0.2, -0.15) is 0 Å². The Morgan fingerprint density at radius 2 is 2.20 bits per heavy atom. The number of furan rings is 1. The zero-order valence-corrected chi connectivity index (χ0v) is 11.3. The summed E-state index contributed by atoms with van der Waals surface area (Å²) in [6.45, 7) is 1.40. The van der Waals surface area contributed by atoms with Crippen LogP contribution in [0.3, 0.4) is 0 Å². The minimum Gasteiger partial charge on any atom is -0.481 e. The lowest BCUT2D eigenvalue weighted by Gasteiger charge is -2.25. The van der Waals surface area contributed by atoms with Gasteiger partial charge < -0.3 is 14.3 Å². The van der Waals surface area contributed by atoms with Crippen molar-refractivity contribution in [2.75, 3.05) is 20.3 Å². The Hall–Kier alpha value is -1.85. The minimum atomic E-state index is -0.795. The van der Waals surface area contributed by atoms with Crippen LogP contribution in [0.5, 0.6) is 0 Å². The molecule has 106 valence electrons. The van der Waals surface area contributed by atoms with Crippen LogP contribution in [-0.4, -0.2) is 42.3 Å². The molecular formula is C15H17NO4. The van der Waals surface area contributed by atoms with Gasteiger partial charge in [0.2, 0.25) is 0 Å². The number of rotatable bonds is 4. The maximum absolute atomic E-state index is 11.2. The predicted molar refractivity (Wildman–Crippen MR) is 73.4 cm³/mol. The van der Waals surface area contributed by atoms with Crippen LogP contribution in [0.1, 0.15) is 5.56 Å². The molecule has 1 aromatic carbocycles. The van der Waals surface area contributed by atoms with Crippen molar-refractivity contribution in [1.29, 1.82) is 0 Å². The van der Waals surface area contributed by atoms with Crippen LogP contribution in [0.25, 0.3) is 11.0 Å². The van der Waals surface area contributed by atoms with E-state index in [-0.39, 0.29) is 12.6 Å². The van der Waals surface area contributed by atoms with Crippen LogP contribution in [0.2, 0.25) is 0 Å². The SMILES string of the molecule is CN(Cc1coc2ccccc12)C1COCC1C(=O)O. The standard InChI is InChI=1S/C15H17NO4/c1-16(13-9-19-8-12(13)15(17)18)6-10-7-20-14-5-3-2-4-11(10)14/h2-5,7,12-13H,6,8-9H2,1H3,(H,17,18). The van der Waals surface area contributed by atoms with Gasteiger partial charge >= 0.3 is 5.97 Å². The molecule has 20 heavy (non-hydrogen) atoms. The van der Waals surface area contributed by atoms with Crippen molar-refractivity contribution in [2.45, 2.75) is 12.6 Å². The first-order chi connectivity index (χ1) is 9.66. The van der Waals surface area contributed by atoms with E-state index in [2.05, 4.69) is 0 Å². The number of para-hydroxylation sites is 1. The zero-order chi connectivity index (χ0) is 14.1. The van der Waals surface area contributed by atoms with Gasteiger partial charge in [-0.25, -0.2) is 0 Å². The van der Waals surface area contributed by atoms with E-state index in [0.717, 1.165) is 16.5 Å². The summed E-state index contributed by atoms with van der Waals surface area (Å²) in [5, 5.41) is 10.3. The van der Waals surface area contributed by atoms with E-state index in [0.29, 0.717) is 13.2 Å². The number of aliphatic carboxylic acids is 1. The Labute approximate surface area is 116 Å². The molecule has 3 rings (SSSR count). The Kier molecular flexibility index (Phi) is 3.46. The minimum absolute atomic E-state index is 0.0961. The van der Waals surface area contributed by atoms with Crippen LogP contribution in [0, 0.1) is 5.92 Å². The van der Waals surface area contributed by atoms with Gasteiger partial charge in [-0.15, -0.1) is 0 Å². The van der Waals surface area contributed by atoms with Crippen molar-refractivity contribution >= 4 is 16.9 Å². The second-order valence-corrected chi connectivity index (χ2v) is 5.22. The number of benzene rings is 1. The van der Waals surface area contributed by atoms with Crippen LogP contribution in [0.4, 0.5) is 0 Å². The number of nitrogens with zero attached hydrogens (tertiary/aromatic N) is 1. The molecule has 2 unspecified atom stereocenters. The molecule has 1 saturated heterocycles. The Morgan fingerprint density at radius 3 is 3.00 bits per heavy atom. The predicted octanol–water partition coefficient (Wildman–Crippen LogP) is 1.96. The number of carboxylic acids is 1. The lowest BCUT2D eigenvalue weighted by Crippen LogP contribution is -2.40. The van der Waals surface area contributed by atoms with E-state index in [4.69, 9.17) is 9.15 Å². The summed E-state index contributed by atoms with van der Waals surface area (Å²) in [5.41, 5.74) is 1.92. The van der Waals surface area contributed by atoms with Gasteiger partial charge in [0.15, 0.2) is 0 Å². The highest BCUT2D eigenvalue weighted by Crippen LogP contribution is 2.25. The number of likely N-dealkylation sites (N-methyl/N-ethyl adjacent to an activating group) is 1. The van der Waals surface area contributed by atoms with E-state index in [9.17, 15) is 9.90 Å². The molecule has 2 heterocycles. The van der Waals surface area contributed by atoms with Crippen molar-refractivity contribution < 1.29 is 19.1 Å². The van der Waals surface area contributed by atoms with Gasteiger partial charge in [-0.1, -0.05) is 18.2 Å². The van der Waals surface area contributed by atoms with E-state index in [1.165, 1.54) is 0 Å². The van der Waals surface area contributed by atoms with Crippen LogP contribution in [-0.2, 0) is 16.1 Å². The summed E-state index contributed by atoms with van der Waals surface area (Å²) in [5.74, 6) is -1.26. The number of ether oxygens (including phenoxy) is 1. The summed E-state index contributed by atoms with van der Waals surface area (Å²) in [6.07, 6.45) is 1.74. The molecule has 5 nitrogen and oxygen atoms in total. The molecule has 1 aliphatic heterocycles. The number of carbonyl (C=O) groups is 1. The zero-order valence-electron chi connectivity index (χ0n) is 11.3. The molecule has 2 aromatic rings. The first-order valence-corrected chi connectivity index (χ1v) is 6.62. The molecule has 1 aliphatic rings. The average molecular weight is 275 g/mol. The smallest absolute Gasteiger partial charge is 0.310 e. The highest BCUT2D eigenvalue weighted by molar-refractivity contribution is 5.80. The van der Waals surface area contributed by atoms with Gasteiger partial charge in [-0.3, -0.25) is 9.69 Å². The number of fused-ring (bicyclic) bond motifs is 1. The fraction of sp³-hybridized carbons (Fsp3) is 0.400. The molecule has 1 fully saturated rings. The molecule has 0 amide bonds. The van der Waals surface area contributed by atoms with Gasteiger partial charge in [0.25, 0.3) is 0 Å². The molecule has 1 aromatic heterocycles. The van der Waals surface area contributed by atoms with Crippen molar-refractivity contribution in [3.05, 3.63) is 36.1 Å². The first-order valence-electron chi connectivity index (χ1n) is 6.62. The molecule has 0 spiro atoms. The number of hydrogen-bond donors (Lipinski definition) is 1. The average Bonchev–Trinajstić information content (AvgIpc) is 3.06. The van der Waals surface area contributed by atoms with E-state index in [1.807, 2.05) is 36.2 Å². The van der Waals surface area contributed by atoms with Gasteiger partial charge in [0.1, 0.15) is 5.58 Å². The molecule has 0 bridgehead atoms. The first kappa shape index (κ1) is 13.1. The Bertz CT molecular complexity index is 621. The second-order valence-electron chi connectivity index (χ2n) is 5.22. The quantitative estimate of drug-likeness (QED) is 0.924. The van der Waals surface area contributed by atoms with Crippen LogP contribution in [0.15, 0.2) is 34.9 Å². The fourth-order valence-corrected chi connectivity index (χ4v) is 2.75. The highest BCUT2D eigenvalue weighted by Gasteiger charge is 2.36. The third kappa shape index (κ3) is 2.30. The van der Waals surface area contributed by atoms with Crippen molar-refractivity contribution in [1.82, 2.24) is 4.90 Å². The summed E-state index contributed by atoms with van der Waals surface area (Å²) >= 11 is 0. The maximum atomic E-state index is 11.2. The van der Waals surface area contributed by atoms with E-state index < -0.39 is 11.9 Å². The van der Waals surface area contributed by atoms with Crippen molar-refractivity contribution in [3.8, 4) is 0 Å².